The molecule has 1 aliphatic carbocycles. The minimum Gasteiger partial charge on any atom is -0.378 e. The predicted molar refractivity (Wildman–Crippen MR) is 152 cm³/mol. The second-order valence-corrected chi connectivity index (χ2v) is 11.2. The van der Waals surface area contributed by atoms with Crippen LogP contribution in [0.4, 0.5) is 23.2 Å². The summed E-state index contributed by atoms with van der Waals surface area (Å²) in [6, 6.07) is 7.69. The first kappa shape index (κ1) is 29.8. The van der Waals surface area contributed by atoms with Gasteiger partial charge in [0.2, 0.25) is 11.4 Å². The van der Waals surface area contributed by atoms with Gasteiger partial charge in [-0.15, -0.1) is 0 Å². The number of aromatic nitrogens is 1. The van der Waals surface area contributed by atoms with Crippen LogP contribution in [0.15, 0.2) is 58.9 Å². The highest BCUT2D eigenvalue weighted by Gasteiger charge is 2.46. The summed E-state index contributed by atoms with van der Waals surface area (Å²) < 4.78 is 65.9. The number of alkyl halides is 3. The Hall–Kier alpha value is -3.64. The SMILES string of the molecule is C[C@@H]1CN(C2=CC(F)=C(c3ccc(N4CCOCC4)cc3)CC2(F)NC(=O)c2c[nH]c(=O)cc2C(F)F)C[C@H](C)N1C. The number of piperazine rings is 1. The molecule has 5 rings (SSSR count). The molecule has 2 aliphatic heterocycles. The third kappa shape index (κ3) is 5.96. The van der Waals surface area contributed by atoms with Crippen molar-refractivity contribution in [3.05, 3.63) is 81.2 Å². The molecule has 2 saturated heterocycles. The molecule has 3 aliphatic rings. The fourth-order valence-electron chi connectivity index (χ4n) is 5.84. The number of likely N-dealkylation sites (N-methyl/N-ethyl adjacent to an activating group) is 1. The van der Waals surface area contributed by atoms with Gasteiger partial charge in [0.25, 0.3) is 12.3 Å². The second-order valence-electron chi connectivity index (χ2n) is 11.2. The van der Waals surface area contributed by atoms with Crippen molar-refractivity contribution in [3.8, 4) is 0 Å². The molecule has 0 radical (unpaired) electrons. The fourth-order valence-corrected chi connectivity index (χ4v) is 5.84. The summed E-state index contributed by atoms with van der Waals surface area (Å²) in [5.41, 5.74) is -0.876. The van der Waals surface area contributed by atoms with Crippen molar-refractivity contribution in [1.29, 1.82) is 0 Å². The Labute approximate surface area is 241 Å². The van der Waals surface area contributed by atoms with E-state index in [0.29, 0.717) is 37.9 Å². The number of hydrogen-bond acceptors (Lipinski definition) is 6. The molecule has 0 spiro atoms. The van der Waals surface area contributed by atoms with Crippen molar-refractivity contribution < 1.29 is 27.1 Å². The van der Waals surface area contributed by atoms with E-state index in [-0.39, 0.29) is 23.4 Å². The van der Waals surface area contributed by atoms with Crippen molar-refractivity contribution in [1.82, 2.24) is 20.1 Å². The third-order valence-electron chi connectivity index (χ3n) is 8.42. The number of nitrogens with one attached hydrogen (secondary N) is 2. The number of anilines is 1. The number of amides is 1. The Bertz CT molecular complexity index is 1430. The van der Waals surface area contributed by atoms with Crippen molar-refractivity contribution in [2.75, 3.05) is 51.3 Å². The van der Waals surface area contributed by atoms with E-state index in [9.17, 15) is 18.4 Å². The molecule has 0 bridgehead atoms. The Balaban J connectivity index is 1.51. The van der Waals surface area contributed by atoms with Gasteiger partial charge < -0.3 is 24.8 Å². The number of rotatable bonds is 6. The lowest BCUT2D eigenvalue weighted by Crippen LogP contribution is -2.59. The van der Waals surface area contributed by atoms with Gasteiger partial charge in [0.15, 0.2) is 0 Å². The van der Waals surface area contributed by atoms with Gasteiger partial charge in [-0.3, -0.25) is 14.5 Å². The van der Waals surface area contributed by atoms with Gasteiger partial charge in [0.05, 0.1) is 24.5 Å². The highest BCUT2D eigenvalue weighted by Crippen LogP contribution is 2.42. The summed E-state index contributed by atoms with van der Waals surface area (Å²) in [7, 11) is 1.95. The van der Waals surface area contributed by atoms with Crippen LogP contribution >= 0.6 is 0 Å². The van der Waals surface area contributed by atoms with Gasteiger partial charge in [-0.25, -0.2) is 17.6 Å². The molecule has 8 nitrogen and oxygen atoms in total. The van der Waals surface area contributed by atoms with Gasteiger partial charge in [-0.1, -0.05) is 12.1 Å². The molecule has 226 valence electrons. The lowest BCUT2D eigenvalue weighted by atomic mass is 9.88. The Morgan fingerprint density at radius 2 is 1.74 bits per heavy atom. The molecule has 2 aromatic rings. The zero-order valence-corrected chi connectivity index (χ0v) is 23.8. The van der Waals surface area contributed by atoms with Gasteiger partial charge in [0, 0.05) is 73.8 Å². The molecule has 1 unspecified atom stereocenters. The number of carbonyl (C=O) groups excluding carboxylic acids is 1. The normalized spacial score (nSPS) is 25.6. The van der Waals surface area contributed by atoms with Gasteiger partial charge in [-0.05, 0) is 44.7 Å². The van der Waals surface area contributed by atoms with E-state index in [4.69, 9.17) is 4.74 Å². The van der Waals surface area contributed by atoms with Crippen LogP contribution in [-0.4, -0.2) is 85.0 Å². The first-order chi connectivity index (χ1) is 20.0. The molecule has 42 heavy (non-hydrogen) atoms. The first-order valence-electron chi connectivity index (χ1n) is 14.0. The maximum atomic E-state index is 17.3. The zero-order chi connectivity index (χ0) is 30.2. The first-order valence-corrected chi connectivity index (χ1v) is 14.0. The second kappa shape index (κ2) is 11.9. The summed E-state index contributed by atoms with van der Waals surface area (Å²) in [4.78, 5) is 33.2. The highest BCUT2D eigenvalue weighted by atomic mass is 19.3. The van der Waals surface area contributed by atoms with Crippen LogP contribution in [0.1, 0.15) is 48.2 Å². The van der Waals surface area contributed by atoms with Gasteiger partial charge >= 0.3 is 0 Å². The summed E-state index contributed by atoms with van der Waals surface area (Å²) in [5, 5.41) is 2.29. The van der Waals surface area contributed by atoms with E-state index < -0.39 is 47.1 Å². The number of halogens is 4. The summed E-state index contributed by atoms with van der Waals surface area (Å²) >= 11 is 0. The van der Waals surface area contributed by atoms with Crippen LogP contribution in [0.3, 0.4) is 0 Å². The van der Waals surface area contributed by atoms with Crippen LogP contribution < -0.4 is 15.8 Å². The third-order valence-corrected chi connectivity index (χ3v) is 8.42. The topological polar surface area (TPSA) is 80.9 Å². The number of hydrogen-bond donors (Lipinski definition) is 2. The van der Waals surface area contributed by atoms with E-state index in [1.807, 2.05) is 33.0 Å². The smallest absolute Gasteiger partial charge is 0.264 e. The summed E-state index contributed by atoms with van der Waals surface area (Å²) in [5.74, 6) is -4.41. The number of aromatic amines is 1. The predicted octanol–water partition coefficient (Wildman–Crippen LogP) is 4.24. The molecule has 0 saturated carbocycles. The summed E-state index contributed by atoms with van der Waals surface area (Å²) in [6.45, 7) is 7.31. The summed E-state index contributed by atoms with van der Waals surface area (Å²) in [6.07, 6.45) is -1.76. The average molecular weight is 590 g/mol. The highest BCUT2D eigenvalue weighted by molar-refractivity contribution is 5.96. The van der Waals surface area contributed by atoms with Crippen molar-refractivity contribution in [2.45, 2.75) is 44.6 Å². The number of morpholine rings is 1. The fraction of sp³-hybridized carbons (Fsp3) is 0.467. The zero-order valence-electron chi connectivity index (χ0n) is 23.8. The van der Waals surface area contributed by atoms with Crippen molar-refractivity contribution in [2.24, 2.45) is 0 Å². The lowest BCUT2D eigenvalue weighted by Gasteiger charge is -2.47. The van der Waals surface area contributed by atoms with Crippen LogP contribution in [0, 0.1) is 0 Å². The largest absolute Gasteiger partial charge is 0.378 e. The average Bonchev–Trinajstić information content (AvgIpc) is 2.97. The maximum Gasteiger partial charge on any atom is 0.264 e. The van der Waals surface area contributed by atoms with Crippen LogP contribution in [0.25, 0.3) is 5.57 Å². The molecular weight excluding hydrogens is 554 g/mol. The molecule has 3 heterocycles. The van der Waals surface area contributed by atoms with Crippen LogP contribution in [0.2, 0.25) is 0 Å². The Morgan fingerprint density at radius 3 is 2.36 bits per heavy atom. The number of allylic oxidation sites excluding steroid dienone is 2. The van der Waals surface area contributed by atoms with E-state index in [0.717, 1.165) is 31.0 Å². The van der Waals surface area contributed by atoms with E-state index >= 15 is 8.78 Å². The van der Waals surface area contributed by atoms with E-state index in [1.54, 1.807) is 17.0 Å². The molecule has 2 fully saturated rings. The Kier molecular flexibility index (Phi) is 8.47. The molecule has 1 aromatic heterocycles. The lowest BCUT2D eigenvalue weighted by molar-refractivity contribution is 0.0390. The van der Waals surface area contributed by atoms with Crippen LogP contribution in [-0.2, 0) is 4.74 Å². The quantitative estimate of drug-likeness (QED) is 0.388. The number of pyridine rings is 1. The van der Waals surface area contributed by atoms with Crippen molar-refractivity contribution in [3.63, 3.8) is 0 Å². The minimum absolute atomic E-state index is 0.000376. The van der Waals surface area contributed by atoms with Crippen molar-refractivity contribution >= 4 is 17.2 Å². The number of nitrogens with zero attached hydrogens (tertiary/aromatic N) is 3. The van der Waals surface area contributed by atoms with Crippen LogP contribution in [0.5, 0.6) is 0 Å². The number of H-pyrrole nitrogens is 1. The minimum atomic E-state index is -3.14. The number of carbonyl (C=O) groups is 1. The molecule has 2 N–H and O–H groups in total. The monoisotopic (exact) mass is 589 g/mol. The number of ether oxygens (including phenoxy) is 1. The van der Waals surface area contributed by atoms with E-state index in [1.165, 1.54) is 0 Å². The molecule has 3 atom stereocenters. The molecule has 1 amide bonds. The standard InChI is InChI=1S/C30H35F4N5O3/c1-18-16-39(17-19(2)37(18)3)26-13-25(31)23(20-4-6-21(7-5-20)38-8-10-42-11-9-38)14-30(26,34)36-29(41)24-15-35-27(40)12-22(24)28(32)33/h4-7,12-13,15,18-19,28H,8-11,14,16-17H2,1-3H3,(H,35,40)(H,36,41)/t18-,19+,30?. The van der Waals surface area contributed by atoms with E-state index in [2.05, 4.69) is 20.1 Å². The molecule has 1 aromatic carbocycles. The molecule has 12 heteroatoms. The van der Waals surface area contributed by atoms with Gasteiger partial charge in [-0.2, -0.15) is 0 Å². The molecular formula is C30H35F4N5O3. The number of benzene rings is 1. The Morgan fingerprint density at radius 1 is 1.10 bits per heavy atom. The maximum absolute atomic E-state index is 17.3. The van der Waals surface area contributed by atoms with Gasteiger partial charge in [0.1, 0.15) is 5.83 Å².